The van der Waals surface area contributed by atoms with Crippen molar-refractivity contribution in [2.75, 3.05) is 39.4 Å². The van der Waals surface area contributed by atoms with Crippen molar-refractivity contribution in [1.82, 2.24) is 9.99 Å². The number of hydrogen-bond acceptors (Lipinski definition) is 4. The normalized spacial score (nSPS) is 14.5. The number of nitrogens with zero attached hydrogens (tertiary/aromatic N) is 1. The van der Waals surface area contributed by atoms with E-state index in [0.717, 1.165) is 38.6 Å². The fourth-order valence-corrected chi connectivity index (χ4v) is 6.98. The SMILES string of the molecule is CCCCCCCCCCCCCOP(=O)(NCCCN1CCCC1)OCCCCCCCCCCCCC. The molecule has 0 aromatic carbocycles. The summed E-state index contributed by atoms with van der Waals surface area (Å²) in [4.78, 5) is 2.50. The molecule has 1 heterocycles. The molecule has 39 heavy (non-hydrogen) atoms. The molecule has 6 heteroatoms. The van der Waals surface area contributed by atoms with Crippen molar-refractivity contribution in [3.63, 3.8) is 0 Å². The highest BCUT2D eigenvalue weighted by Crippen LogP contribution is 2.44. The highest BCUT2D eigenvalue weighted by molar-refractivity contribution is 7.51. The van der Waals surface area contributed by atoms with Crippen LogP contribution in [0.3, 0.4) is 0 Å². The molecule has 1 aliphatic rings. The molecule has 1 N–H and O–H groups in total. The predicted octanol–water partition coefficient (Wildman–Crippen LogP) is 10.8. The summed E-state index contributed by atoms with van der Waals surface area (Å²) in [5, 5.41) is 3.18. The Kier molecular flexibility index (Phi) is 26.8. The monoisotopic (exact) mass is 573 g/mol. The van der Waals surface area contributed by atoms with Crippen LogP contribution in [-0.4, -0.2) is 44.3 Å². The Morgan fingerprint density at radius 3 is 1.28 bits per heavy atom. The second kappa shape index (κ2) is 28.2. The molecule has 234 valence electrons. The molecule has 0 saturated carbocycles. The van der Waals surface area contributed by atoms with Crippen LogP contribution in [-0.2, 0) is 13.6 Å². The fourth-order valence-electron chi connectivity index (χ4n) is 5.56. The van der Waals surface area contributed by atoms with Gasteiger partial charge >= 0.3 is 7.75 Å². The number of hydrogen-bond donors (Lipinski definition) is 1. The van der Waals surface area contributed by atoms with Crippen molar-refractivity contribution in [2.45, 2.75) is 174 Å². The molecule has 0 amide bonds. The molecule has 0 bridgehead atoms. The molecule has 0 aromatic heterocycles. The van der Waals surface area contributed by atoms with Gasteiger partial charge in [-0.1, -0.05) is 142 Å². The quantitative estimate of drug-likeness (QED) is 0.0661. The predicted molar refractivity (Wildman–Crippen MR) is 171 cm³/mol. The third-order valence-electron chi connectivity index (χ3n) is 8.17. The lowest BCUT2D eigenvalue weighted by atomic mass is 10.1. The van der Waals surface area contributed by atoms with Crippen molar-refractivity contribution in [2.24, 2.45) is 0 Å². The summed E-state index contributed by atoms with van der Waals surface area (Å²) in [5.74, 6) is 0. The molecule has 0 aliphatic carbocycles. The Morgan fingerprint density at radius 2 is 0.897 bits per heavy atom. The van der Waals surface area contributed by atoms with Gasteiger partial charge in [0.15, 0.2) is 0 Å². The summed E-state index contributed by atoms with van der Waals surface area (Å²) >= 11 is 0. The zero-order chi connectivity index (χ0) is 28.1. The molecule has 0 radical (unpaired) electrons. The smallest absolute Gasteiger partial charge is 0.303 e. The Balaban J connectivity index is 2.13. The van der Waals surface area contributed by atoms with E-state index in [-0.39, 0.29) is 0 Å². The van der Waals surface area contributed by atoms with E-state index in [1.165, 1.54) is 142 Å². The van der Waals surface area contributed by atoms with Crippen molar-refractivity contribution >= 4 is 7.75 Å². The van der Waals surface area contributed by atoms with Gasteiger partial charge in [-0.2, -0.15) is 0 Å². The van der Waals surface area contributed by atoms with E-state index in [4.69, 9.17) is 9.05 Å². The third-order valence-corrected chi connectivity index (χ3v) is 9.83. The second-order valence-corrected chi connectivity index (χ2v) is 13.9. The van der Waals surface area contributed by atoms with Gasteiger partial charge < -0.3 is 4.90 Å². The minimum atomic E-state index is -3.21. The van der Waals surface area contributed by atoms with Gasteiger partial charge in [0.05, 0.1) is 13.2 Å². The highest BCUT2D eigenvalue weighted by Gasteiger charge is 2.24. The van der Waals surface area contributed by atoms with Gasteiger partial charge in [0.25, 0.3) is 0 Å². The molecule has 0 atom stereocenters. The largest absolute Gasteiger partial charge is 0.405 e. The number of nitrogens with one attached hydrogen (secondary N) is 1. The summed E-state index contributed by atoms with van der Waals surface area (Å²) in [6.45, 7) is 9.82. The molecule has 1 saturated heterocycles. The van der Waals surface area contributed by atoms with E-state index in [9.17, 15) is 4.57 Å². The van der Waals surface area contributed by atoms with E-state index in [1.807, 2.05) is 0 Å². The van der Waals surface area contributed by atoms with E-state index in [1.54, 1.807) is 0 Å². The van der Waals surface area contributed by atoms with Crippen LogP contribution in [0.5, 0.6) is 0 Å². The van der Waals surface area contributed by atoms with Crippen molar-refractivity contribution < 1.29 is 13.6 Å². The van der Waals surface area contributed by atoms with Gasteiger partial charge in [-0.3, -0.25) is 9.05 Å². The van der Waals surface area contributed by atoms with Gasteiger partial charge in [-0.05, 0) is 51.7 Å². The zero-order valence-electron chi connectivity index (χ0n) is 26.5. The summed E-state index contributed by atoms with van der Waals surface area (Å²) < 4.78 is 25.2. The number of likely N-dealkylation sites (tertiary alicyclic amines) is 1. The van der Waals surface area contributed by atoms with Crippen molar-refractivity contribution in [3.05, 3.63) is 0 Å². The van der Waals surface area contributed by atoms with Gasteiger partial charge in [-0.25, -0.2) is 9.65 Å². The van der Waals surface area contributed by atoms with Crippen LogP contribution in [0.4, 0.5) is 0 Å². The second-order valence-electron chi connectivity index (χ2n) is 12.0. The maximum Gasteiger partial charge on any atom is 0.405 e. The van der Waals surface area contributed by atoms with Gasteiger partial charge in [0, 0.05) is 6.54 Å². The van der Waals surface area contributed by atoms with Crippen LogP contribution in [0.15, 0.2) is 0 Å². The lowest BCUT2D eigenvalue weighted by molar-refractivity contribution is 0.188. The molecule has 1 rings (SSSR count). The van der Waals surface area contributed by atoms with Crippen LogP contribution in [0.2, 0.25) is 0 Å². The molecular formula is C33H69N2O3P. The molecule has 0 spiro atoms. The Hall–Kier alpha value is 0.0700. The van der Waals surface area contributed by atoms with E-state index in [0.29, 0.717) is 19.8 Å². The van der Waals surface area contributed by atoms with Crippen LogP contribution < -0.4 is 5.09 Å². The first kappa shape index (κ1) is 37.1. The Morgan fingerprint density at radius 1 is 0.538 bits per heavy atom. The minimum absolute atomic E-state index is 0.533. The topological polar surface area (TPSA) is 50.8 Å². The number of unbranched alkanes of at least 4 members (excludes halogenated alkanes) is 20. The molecule has 0 unspecified atom stereocenters. The van der Waals surface area contributed by atoms with Crippen molar-refractivity contribution in [1.29, 1.82) is 0 Å². The Labute approximate surface area is 244 Å². The average Bonchev–Trinajstić information content (AvgIpc) is 3.46. The van der Waals surface area contributed by atoms with Gasteiger partial charge in [0.1, 0.15) is 0 Å². The summed E-state index contributed by atoms with van der Waals surface area (Å²) in [7, 11) is -3.21. The standard InChI is InChI=1S/C33H69N2O3P/c1-3-5-7-9-11-13-15-17-19-21-25-32-37-39(36,34-28-27-31-35-29-23-24-30-35)38-33-26-22-20-18-16-14-12-10-8-6-4-2/h3-33H2,1-2H3,(H,34,36). The average molecular weight is 573 g/mol. The first-order valence-corrected chi connectivity index (χ1v) is 19.1. The molecule has 0 aromatic rings. The molecule has 1 aliphatic heterocycles. The molecule has 5 nitrogen and oxygen atoms in total. The summed E-state index contributed by atoms with van der Waals surface area (Å²) in [6, 6.07) is 0. The van der Waals surface area contributed by atoms with Crippen LogP contribution >= 0.6 is 7.75 Å². The highest BCUT2D eigenvalue weighted by atomic mass is 31.2. The van der Waals surface area contributed by atoms with Crippen LogP contribution in [0.1, 0.15) is 174 Å². The summed E-state index contributed by atoms with van der Waals surface area (Å²) in [6.07, 6.45) is 32.3. The Bertz CT molecular complexity index is 511. The van der Waals surface area contributed by atoms with Gasteiger partial charge in [0.2, 0.25) is 0 Å². The van der Waals surface area contributed by atoms with E-state index >= 15 is 0 Å². The van der Waals surface area contributed by atoms with E-state index < -0.39 is 7.75 Å². The van der Waals surface area contributed by atoms with Gasteiger partial charge in [-0.15, -0.1) is 0 Å². The zero-order valence-corrected chi connectivity index (χ0v) is 27.4. The fraction of sp³-hybridized carbons (Fsp3) is 1.00. The first-order valence-electron chi connectivity index (χ1n) is 17.6. The summed E-state index contributed by atoms with van der Waals surface area (Å²) in [5.41, 5.74) is 0. The lowest BCUT2D eigenvalue weighted by Gasteiger charge is -2.20. The molecule has 1 fully saturated rings. The third kappa shape index (κ3) is 24.4. The maximum atomic E-state index is 13.4. The van der Waals surface area contributed by atoms with Crippen LogP contribution in [0.25, 0.3) is 0 Å². The number of rotatable bonds is 31. The molecular weight excluding hydrogens is 503 g/mol. The van der Waals surface area contributed by atoms with Crippen molar-refractivity contribution in [3.8, 4) is 0 Å². The lowest BCUT2D eigenvalue weighted by Crippen LogP contribution is -2.25. The van der Waals surface area contributed by atoms with Crippen LogP contribution in [0, 0.1) is 0 Å². The minimum Gasteiger partial charge on any atom is -0.303 e. The first-order chi connectivity index (χ1) is 19.2. The maximum absolute atomic E-state index is 13.4. The van der Waals surface area contributed by atoms with E-state index in [2.05, 4.69) is 23.8 Å².